The minimum Gasteiger partial charge on any atom is -0.351 e. The van der Waals surface area contributed by atoms with E-state index < -0.39 is 9.84 Å². The van der Waals surface area contributed by atoms with Crippen LogP contribution in [0.5, 0.6) is 0 Å². The summed E-state index contributed by atoms with van der Waals surface area (Å²) >= 11 is 1.52. The van der Waals surface area contributed by atoms with Gasteiger partial charge in [-0.25, -0.2) is 8.42 Å². The Bertz CT molecular complexity index is 1030. The molecule has 0 fully saturated rings. The van der Waals surface area contributed by atoms with Crippen molar-refractivity contribution in [1.82, 2.24) is 5.32 Å². The van der Waals surface area contributed by atoms with Gasteiger partial charge >= 0.3 is 0 Å². The van der Waals surface area contributed by atoms with Gasteiger partial charge in [-0.15, -0.1) is 11.8 Å². The van der Waals surface area contributed by atoms with E-state index in [4.69, 9.17) is 0 Å². The van der Waals surface area contributed by atoms with E-state index in [1.807, 2.05) is 72.8 Å². The van der Waals surface area contributed by atoms with Crippen molar-refractivity contribution in [3.05, 3.63) is 102 Å². The Morgan fingerprint density at radius 3 is 2.00 bits per heavy atom. The van der Waals surface area contributed by atoms with Crippen LogP contribution in [-0.4, -0.2) is 20.6 Å². The van der Waals surface area contributed by atoms with Crippen molar-refractivity contribution in [2.75, 3.05) is 6.26 Å². The lowest BCUT2D eigenvalue weighted by Crippen LogP contribution is -2.27. The van der Waals surface area contributed by atoms with Crippen LogP contribution in [0.4, 0.5) is 0 Å². The van der Waals surface area contributed by atoms with Gasteiger partial charge in [-0.1, -0.05) is 72.8 Å². The maximum atomic E-state index is 13.0. The maximum absolute atomic E-state index is 13.0. The van der Waals surface area contributed by atoms with Crippen LogP contribution >= 0.6 is 11.8 Å². The summed E-state index contributed by atoms with van der Waals surface area (Å²) in [6.07, 6.45) is 1.22. The fourth-order valence-corrected chi connectivity index (χ4v) is 4.74. The van der Waals surface area contributed by atoms with Gasteiger partial charge in [-0.2, -0.15) is 0 Å². The van der Waals surface area contributed by atoms with E-state index in [0.717, 1.165) is 21.6 Å². The van der Waals surface area contributed by atoms with Gasteiger partial charge in [0.15, 0.2) is 9.84 Å². The molecule has 1 amide bonds. The Kier molecular flexibility index (Phi) is 7.12. The molecular formula is C23H23NO3S2. The molecule has 0 aliphatic heterocycles. The number of hydrogen-bond donors (Lipinski definition) is 1. The largest absolute Gasteiger partial charge is 0.351 e. The molecule has 3 rings (SSSR count). The summed E-state index contributed by atoms with van der Waals surface area (Å²) in [5.74, 6) is -0.0473. The summed E-state index contributed by atoms with van der Waals surface area (Å²) in [5, 5.41) is 2.65. The van der Waals surface area contributed by atoms with Crippen LogP contribution in [0.1, 0.15) is 21.9 Å². The first-order valence-corrected chi connectivity index (χ1v) is 12.1. The molecule has 29 heavy (non-hydrogen) atoms. The highest BCUT2D eigenvalue weighted by Gasteiger charge is 2.21. The zero-order valence-electron chi connectivity index (χ0n) is 16.1. The molecular weight excluding hydrogens is 402 g/mol. The average Bonchev–Trinajstić information content (AvgIpc) is 2.71. The minimum atomic E-state index is -3.06. The number of benzene rings is 3. The summed E-state index contributed by atoms with van der Waals surface area (Å²) in [6, 6.07) is 26.9. The molecule has 150 valence electrons. The second-order valence-corrected chi connectivity index (χ2v) is 10.1. The highest BCUT2D eigenvalue weighted by molar-refractivity contribution is 8.00. The first-order valence-electron chi connectivity index (χ1n) is 9.20. The first kappa shape index (κ1) is 21.1. The van der Waals surface area contributed by atoms with Crippen LogP contribution in [0.3, 0.4) is 0 Å². The third kappa shape index (κ3) is 6.76. The predicted molar refractivity (Wildman–Crippen MR) is 118 cm³/mol. The van der Waals surface area contributed by atoms with Crippen LogP contribution in [0.25, 0.3) is 0 Å². The van der Waals surface area contributed by atoms with Crippen molar-refractivity contribution in [3.63, 3.8) is 0 Å². The molecule has 0 aromatic heterocycles. The molecule has 0 radical (unpaired) electrons. The number of carbonyl (C=O) groups excluding carboxylic acids is 1. The number of nitrogens with one attached hydrogen (secondary N) is 1. The Balaban J connectivity index is 1.68. The van der Waals surface area contributed by atoms with Gasteiger partial charge in [0.1, 0.15) is 5.25 Å². The Labute approximate surface area is 176 Å². The summed E-state index contributed by atoms with van der Waals surface area (Å²) < 4.78 is 22.8. The number of sulfone groups is 1. The molecule has 0 aliphatic carbocycles. The first-order chi connectivity index (χ1) is 13.9. The van der Waals surface area contributed by atoms with Crippen LogP contribution in [0.15, 0.2) is 89.8 Å². The SMILES string of the molecule is CS(=O)(=O)Cc1ccc(CNC(=O)C(Sc2ccccc2)c2ccccc2)cc1. The lowest BCUT2D eigenvalue weighted by Gasteiger charge is -2.17. The topological polar surface area (TPSA) is 63.2 Å². The van der Waals surface area contributed by atoms with Gasteiger partial charge in [0, 0.05) is 17.7 Å². The van der Waals surface area contributed by atoms with E-state index in [1.165, 1.54) is 18.0 Å². The molecule has 1 N–H and O–H groups in total. The van der Waals surface area contributed by atoms with Crippen molar-refractivity contribution in [2.24, 2.45) is 0 Å². The molecule has 0 saturated carbocycles. The zero-order valence-corrected chi connectivity index (χ0v) is 17.7. The van der Waals surface area contributed by atoms with E-state index in [1.54, 1.807) is 12.1 Å². The average molecular weight is 426 g/mol. The Morgan fingerprint density at radius 1 is 0.862 bits per heavy atom. The third-order valence-electron chi connectivity index (χ3n) is 4.26. The van der Waals surface area contributed by atoms with Gasteiger partial charge in [0.2, 0.25) is 5.91 Å². The summed E-state index contributed by atoms with van der Waals surface area (Å²) in [5.41, 5.74) is 2.61. The van der Waals surface area contributed by atoms with Crippen molar-refractivity contribution < 1.29 is 13.2 Å². The van der Waals surface area contributed by atoms with E-state index in [-0.39, 0.29) is 16.9 Å². The number of thioether (sulfide) groups is 1. The smallest absolute Gasteiger partial charge is 0.238 e. The van der Waals surface area contributed by atoms with Crippen molar-refractivity contribution in [3.8, 4) is 0 Å². The van der Waals surface area contributed by atoms with Gasteiger partial charge in [0.25, 0.3) is 0 Å². The normalized spacial score (nSPS) is 12.3. The van der Waals surface area contributed by atoms with E-state index in [9.17, 15) is 13.2 Å². The molecule has 3 aromatic carbocycles. The number of hydrogen-bond acceptors (Lipinski definition) is 4. The monoisotopic (exact) mass is 425 g/mol. The lowest BCUT2D eigenvalue weighted by atomic mass is 10.1. The third-order valence-corrected chi connectivity index (χ3v) is 6.38. The number of carbonyl (C=O) groups is 1. The lowest BCUT2D eigenvalue weighted by molar-refractivity contribution is -0.120. The summed E-state index contributed by atoms with van der Waals surface area (Å²) in [4.78, 5) is 14.0. The predicted octanol–water partition coefficient (Wildman–Crippen LogP) is 4.38. The van der Waals surface area contributed by atoms with Crippen molar-refractivity contribution >= 4 is 27.5 Å². The second-order valence-electron chi connectivity index (χ2n) is 6.83. The Morgan fingerprint density at radius 2 is 1.41 bits per heavy atom. The molecule has 4 nitrogen and oxygen atoms in total. The standard InChI is InChI=1S/C23H23NO3S2/c1-29(26,27)17-19-14-12-18(13-15-19)16-24-23(25)22(20-8-4-2-5-9-20)28-21-10-6-3-7-11-21/h2-15,22H,16-17H2,1H3,(H,24,25). The van der Waals surface area contributed by atoms with Crippen LogP contribution in [0, 0.1) is 0 Å². The maximum Gasteiger partial charge on any atom is 0.238 e. The van der Waals surface area contributed by atoms with Crippen LogP contribution < -0.4 is 5.32 Å². The molecule has 0 spiro atoms. The molecule has 1 atom stereocenters. The molecule has 0 saturated heterocycles. The molecule has 6 heteroatoms. The molecule has 3 aromatic rings. The molecule has 0 bridgehead atoms. The minimum absolute atomic E-state index is 0.0173. The summed E-state index contributed by atoms with van der Waals surface area (Å²) in [7, 11) is -3.06. The molecule has 0 heterocycles. The fraction of sp³-hybridized carbons (Fsp3) is 0.174. The summed E-state index contributed by atoms with van der Waals surface area (Å²) in [6.45, 7) is 0.386. The van der Waals surface area contributed by atoms with Gasteiger partial charge in [-0.3, -0.25) is 4.79 Å². The highest BCUT2D eigenvalue weighted by atomic mass is 32.2. The quantitative estimate of drug-likeness (QED) is 0.544. The second kappa shape index (κ2) is 9.76. The van der Waals surface area contributed by atoms with Crippen LogP contribution in [0.2, 0.25) is 0 Å². The van der Waals surface area contributed by atoms with Gasteiger partial charge in [-0.05, 0) is 28.8 Å². The fourth-order valence-electron chi connectivity index (χ4n) is 2.87. The number of amides is 1. The molecule has 0 aliphatic rings. The van der Waals surface area contributed by atoms with Gasteiger partial charge in [0.05, 0.1) is 5.75 Å². The Hall–Kier alpha value is -2.57. The van der Waals surface area contributed by atoms with Crippen molar-refractivity contribution in [1.29, 1.82) is 0 Å². The van der Waals surface area contributed by atoms with Crippen LogP contribution in [-0.2, 0) is 26.9 Å². The van der Waals surface area contributed by atoms with E-state index >= 15 is 0 Å². The van der Waals surface area contributed by atoms with Crippen molar-refractivity contribution in [2.45, 2.75) is 22.4 Å². The number of rotatable bonds is 8. The van der Waals surface area contributed by atoms with E-state index in [2.05, 4.69) is 5.32 Å². The van der Waals surface area contributed by atoms with Gasteiger partial charge < -0.3 is 5.32 Å². The van der Waals surface area contributed by atoms with E-state index in [0.29, 0.717) is 6.54 Å². The highest BCUT2D eigenvalue weighted by Crippen LogP contribution is 2.35. The molecule has 1 unspecified atom stereocenters. The zero-order chi connectivity index (χ0) is 20.7.